The van der Waals surface area contributed by atoms with Crippen molar-refractivity contribution in [2.45, 2.75) is 21.4 Å². The summed E-state index contributed by atoms with van der Waals surface area (Å²) in [7, 11) is 0. The van der Waals surface area contributed by atoms with Crippen LogP contribution in [0.2, 0.25) is 0 Å². The van der Waals surface area contributed by atoms with Crippen molar-refractivity contribution in [2.75, 3.05) is 5.75 Å². The summed E-state index contributed by atoms with van der Waals surface area (Å²) in [5.41, 5.74) is 5.03. The number of nitrogens with one attached hydrogen (secondary N) is 1. The van der Waals surface area contributed by atoms with Gasteiger partial charge < -0.3 is 0 Å². The highest BCUT2D eigenvalue weighted by atomic mass is 79.9. The number of benzene rings is 1. The third-order valence-electron chi connectivity index (χ3n) is 3.17. The second kappa shape index (κ2) is 10.4. The fraction of sp³-hybridized carbons (Fsp3) is 0.176. The number of hydrogen-bond donors (Lipinski definition) is 1. The third kappa shape index (κ3) is 7.04. The Morgan fingerprint density at radius 1 is 1.15 bits per heavy atom. The summed E-state index contributed by atoms with van der Waals surface area (Å²) in [5.74, 6) is 0.937. The SMILES string of the molecule is Cc1ccc(CSc2nnc(SCC(=O)N/N=C/c3ccc(Br)s3)s2)cc1. The Morgan fingerprint density at radius 3 is 2.59 bits per heavy atom. The predicted octanol–water partition coefficient (Wildman–Crippen LogP) is 5.21. The van der Waals surface area contributed by atoms with Crippen LogP contribution in [0.3, 0.4) is 0 Å². The Labute approximate surface area is 182 Å². The molecule has 2 aromatic heterocycles. The van der Waals surface area contributed by atoms with E-state index in [1.807, 2.05) is 12.1 Å². The lowest BCUT2D eigenvalue weighted by molar-refractivity contribution is -0.118. The first-order valence-electron chi connectivity index (χ1n) is 7.80. The van der Waals surface area contributed by atoms with Crippen molar-refractivity contribution in [1.82, 2.24) is 15.6 Å². The number of aryl methyl sites for hydroxylation is 1. The van der Waals surface area contributed by atoms with E-state index in [4.69, 9.17) is 0 Å². The standard InChI is InChI=1S/C17H15BrN4OS4/c1-11-2-4-12(5-3-11)9-24-16-21-22-17(27-16)25-10-15(23)20-19-8-13-6-7-14(18)26-13/h2-8H,9-10H2,1H3,(H,20,23)/b19-8+. The molecule has 10 heteroatoms. The van der Waals surface area contributed by atoms with Crippen molar-refractivity contribution in [1.29, 1.82) is 0 Å². The lowest BCUT2D eigenvalue weighted by Gasteiger charge is -1.99. The van der Waals surface area contributed by atoms with E-state index in [0.29, 0.717) is 0 Å². The third-order valence-corrected chi connectivity index (χ3v) is 7.99. The van der Waals surface area contributed by atoms with E-state index in [1.54, 1.807) is 29.3 Å². The zero-order valence-electron chi connectivity index (χ0n) is 14.2. The molecule has 2 heterocycles. The maximum atomic E-state index is 11.9. The van der Waals surface area contributed by atoms with Gasteiger partial charge in [0.15, 0.2) is 8.68 Å². The molecular formula is C17H15BrN4OS4. The molecule has 0 radical (unpaired) electrons. The van der Waals surface area contributed by atoms with Crippen molar-refractivity contribution in [3.05, 3.63) is 56.2 Å². The van der Waals surface area contributed by atoms with E-state index >= 15 is 0 Å². The highest BCUT2D eigenvalue weighted by molar-refractivity contribution is 9.11. The average molecular weight is 500 g/mol. The van der Waals surface area contributed by atoms with Crippen LogP contribution in [0.25, 0.3) is 0 Å². The van der Waals surface area contributed by atoms with Crippen LogP contribution in [0.1, 0.15) is 16.0 Å². The molecule has 0 unspecified atom stereocenters. The number of nitrogens with zero attached hydrogens (tertiary/aromatic N) is 3. The molecule has 0 saturated carbocycles. The van der Waals surface area contributed by atoms with Gasteiger partial charge in [0, 0.05) is 10.6 Å². The van der Waals surface area contributed by atoms with Crippen molar-refractivity contribution < 1.29 is 4.79 Å². The molecular weight excluding hydrogens is 484 g/mol. The Morgan fingerprint density at radius 2 is 1.89 bits per heavy atom. The number of halogens is 1. The number of hydrogen-bond acceptors (Lipinski definition) is 8. The molecule has 5 nitrogen and oxygen atoms in total. The predicted molar refractivity (Wildman–Crippen MR) is 119 cm³/mol. The van der Waals surface area contributed by atoms with E-state index in [2.05, 4.69) is 67.8 Å². The Bertz CT molecular complexity index is 923. The van der Waals surface area contributed by atoms with Gasteiger partial charge in [-0.3, -0.25) is 4.79 Å². The molecule has 140 valence electrons. The van der Waals surface area contributed by atoms with Gasteiger partial charge in [0.2, 0.25) is 0 Å². The Kier molecular flexibility index (Phi) is 7.89. The summed E-state index contributed by atoms with van der Waals surface area (Å²) in [6.45, 7) is 2.08. The number of amides is 1. The molecule has 0 atom stereocenters. The summed E-state index contributed by atoms with van der Waals surface area (Å²) in [6.07, 6.45) is 1.63. The van der Waals surface area contributed by atoms with Crippen molar-refractivity contribution in [2.24, 2.45) is 5.10 Å². The van der Waals surface area contributed by atoms with E-state index in [0.717, 1.165) is 23.1 Å². The van der Waals surface area contributed by atoms with Crippen LogP contribution < -0.4 is 5.43 Å². The van der Waals surface area contributed by atoms with Gasteiger partial charge in [-0.2, -0.15) is 5.10 Å². The number of rotatable bonds is 8. The topological polar surface area (TPSA) is 67.2 Å². The first-order valence-corrected chi connectivity index (χ1v) is 12.2. The van der Waals surface area contributed by atoms with Gasteiger partial charge in [-0.15, -0.1) is 21.5 Å². The molecule has 1 aromatic carbocycles. The lowest BCUT2D eigenvalue weighted by atomic mass is 10.2. The van der Waals surface area contributed by atoms with Gasteiger partial charge in [0.1, 0.15) is 0 Å². The molecule has 0 saturated heterocycles. The van der Waals surface area contributed by atoms with E-state index in [-0.39, 0.29) is 11.7 Å². The molecule has 0 aliphatic carbocycles. The quantitative estimate of drug-likeness (QED) is 0.262. The van der Waals surface area contributed by atoms with Crippen LogP contribution in [-0.2, 0) is 10.5 Å². The van der Waals surface area contributed by atoms with Crippen LogP contribution in [0.5, 0.6) is 0 Å². The van der Waals surface area contributed by atoms with Gasteiger partial charge in [-0.05, 0) is 40.5 Å². The maximum absolute atomic E-state index is 11.9. The molecule has 1 N–H and O–H groups in total. The number of thioether (sulfide) groups is 2. The fourth-order valence-electron chi connectivity index (χ4n) is 1.87. The minimum atomic E-state index is -0.170. The van der Waals surface area contributed by atoms with Crippen LogP contribution in [-0.4, -0.2) is 28.1 Å². The monoisotopic (exact) mass is 498 g/mol. The molecule has 3 rings (SSSR count). The second-order valence-electron chi connectivity index (χ2n) is 5.33. The van der Waals surface area contributed by atoms with Gasteiger partial charge >= 0.3 is 0 Å². The largest absolute Gasteiger partial charge is 0.272 e. The van der Waals surface area contributed by atoms with Crippen LogP contribution in [0.4, 0.5) is 0 Å². The lowest BCUT2D eigenvalue weighted by Crippen LogP contribution is -2.19. The van der Waals surface area contributed by atoms with Gasteiger partial charge in [0.25, 0.3) is 5.91 Å². The molecule has 0 spiro atoms. The smallest absolute Gasteiger partial charge is 0.250 e. The number of thiophene rings is 1. The minimum absolute atomic E-state index is 0.170. The highest BCUT2D eigenvalue weighted by Gasteiger charge is 2.08. The van der Waals surface area contributed by atoms with Crippen molar-refractivity contribution >= 4 is 74.2 Å². The highest BCUT2D eigenvalue weighted by Crippen LogP contribution is 2.30. The summed E-state index contributed by atoms with van der Waals surface area (Å²) >= 11 is 9.45. The van der Waals surface area contributed by atoms with Gasteiger partial charge in [-0.1, -0.05) is 64.7 Å². The second-order valence-corrected chi connectivity index (χ2v) is 11.2. The zero-order chi connectivity index (χ0) is 19.1. The fourth-order valence-corrected chi connectivity index (χ4v) is 5.93. The molecule has 0 bridgehead atoms. The van der Waals surface area contributed by atoms with Gasteiger partial charge in [0.05, 0.1) is 15.8 Å². The first kappa shape index (κ1) is 20.5. The summed E-state index contributed by atoms with van der Waals surface area (Å²) < 4.78 is 2.71. The van der Waals surface area contributed by atoms with E-state index in [9.17, 15) is 4.79 Å². The molecule has 0 aliphatic heterocycles. The number of carbonyl (C=O) groups excluding carboxylic acids is 1. The Hall–Kier alpha value is -1.20. The normalized spacial score (nSPS) is 11.2. The maximum Gasteiger partial charge on any atom is 0.250 e. The van der Waals surface area contributed by atoms with E-state index < -0.39 is 0 Å². The number of aromatic nitrogens is 2. The van der Waals surface area contributed by atoms with Gasteiger partial charge in [-0.25, -0.2) is 5.43 Å². The molecule has 1 amide bonds. The van der Waals surface area contributed by atoms with E-state index in [1.165, 1.54) is 34.2 Å². The van der Waals surface area contributed by atoms with Crippen LogP contribution >= 0.6 is 62.1 Å². The Balaban J connectivity index is 1.40. The summed E-state index contributed by atoms with van der Waals surface area (Å²) in [5, 5.41) is 12.3. The summed E-state index contributed by atoms with van der Waals surface area (Å²) in [6, 6.07) is 12.3. The minimum Gasteiger partial charge on any atom is -0.272 e. The van der Waals surface area contributed by atoms with Crippen LogP contribution in [0.15, 0.2) is 54.0 Å². The zero-order valence-corrected chi connectivity index (χ0v) is 19.1. The van der Waals surface area contributed by atoms with Crippen molar-refractivity contribution in [3.8, 4) is 0 Å². The molecule has 3 aromatic rings. The molecule has 0 fully saturated rings. The molecule has 27 heavy (non-hydrogen) atoms. The summed E-state index contributed by atoms with van der Waals surface area (Å²) in [4.78, 5) is 12.8. The van der Waals surface area contributed by atoms with Crippen LogP contribution in [0, 0.1) is 6.92 Å². The number of carbonyl (C=O) groups is 1. The van der Waals surface area contributed by atoms with Crippen molar-refractivity contribution in [3.63, 3.8) is 0 Å². The molecule has 0 aliphatic rings. The first-order chi connectivity index (χ1) is 13.1. The average Bonchev–Trinajstić information content (AvgIpc) is 3.28. The number of hydrazone groups is 1.